The van der Waals surface area contributed by atoms with Crippen molar-refractivity contribution in [3.05, 3.63) is 141 Å². The van der Waals surface area contributed by atoms with Gasteiger partial charge < -0.3 is 15.2 Å². The number of amides is 1. The van der Waals surface area contributed by atoms with E-state index in [1.165, 1.54) is 0 Å². The highest BCUT2D eigenvalue weighted by Crippen LogP contribution is 2.46. The van der Waals surface area contributed by atoms with Gasteiger partial charge >= 0.3 is 5.97 Å². The minimum Gasteiger partial charge on any atom is -0.464 e. The van der Waals surface area contributed by atoms with Crippen molar-refractivity contribution >= 4 is 35.1 Å². The molecule has 4 aromatic rings. The molecule has 0 saturated heterocycles. The third kappa shape index (κ3) is 5.62. The molecule has 1 unspecified atom stereocenters. The Morgan fingerprint density at radius 1 is 0.825 bits per heavy atom. The van der Waals surface area contributed by atoms with Crippen molar-refractivity contribution in [2.45, 2.75) is 24.7 Å². The van der Waals surface area contributed by atoms with Crippen molar-refractivity contribution in [2.24, 2.45) is 5.73 Å². The Labute approximate surface area is 243 Å². The highest BCUT2D eigenvalue weighted by Gasteiger charge is 2.52. The highest BCUT2D eigenvalue weighted by molar-refractivity contribution is 6.30. The SMILES string of the molecule is N[C@H](C(=O)OCCCOC1(c2ccc(Cl)cc2)c2ccccc2C(=O)N1Cc1ccc(Cl)cc1)c1ccccc1. The summed E-state index contributed by atoms with van der Waals surface area (Å²) >= 11 is 12.3. The molecule has 0 bridgehead atoms. The molecule has 0 aliphatic carbocycles. The van der Waals surface area contributed by atoms with Crippen LogP contribution in [-0.2, 0) is 26.5 Å². The van der Waals surface area contributed by atoms with E-state index in [4.69, 9.17) is 38.4 Å². The van der Waals surface area contributed by atoms with E-state index in [0.717, 1.165) is 16.7 Å². The fourth-order valence-corrected chi connectivity index (χ4v) is 5.17. The topological polar surface area (TPSA) is 81.9 Å². The Balaban J connectivity index is 1.40. The van der Waals surface area contributed by atoms with Gasteiger partial charge in [-0.05, 0) is 41.5 Å². The number of halogens is 2. The van der Waals surface area contributed by atoms with Crippen LogP contribution < -0.4 is 5.73 Å². The standard InChI is InChI=1S/C32H28Cl2N2O4/c33-25-15-11-22(12-16-25)21-36-30(37)27-9-4-5-10-28(27)32(36,24-13-17-26(34)18-14-24)40-20-6-19-39-31(38)29(35)23-7-2-1-3-8-23/h1-5,7-18,29H,6,19-21,35H2/t29-,32?/m0/s1. The molecule has 0 saturated carbocycles. The summed E-state index contributed by atoms with van der Waals surface area (Å²) in [5.41, 5.74) is 8.48. The van der Waals surface area contributed by atoms with Crippen molar-refractivity contribution in [1.82, 2.24) is 4.90 Å². The molecular weight excluding hydrogens is 547 g/mol. The summed E-state index contributed by atoms with van der Waals surface area (Å²) in [6.45, 7) is 0.603. The molecule has 2 atom stereocenters. The second-order valence-corrected chi connectivity index (χ2v) is 10.3. The van der Waals surface area contributed by atoms with Gasteiger partial charge in [-0.15, -0.1) is 0 Å². The summed E-state index contributed by atoms with van der Waals surface area (Å²) in [6.07, 6.45) is 0.397. The zero-order valence-electron chi connectivity index (χ0n) is 21.6. The number of fused-ring (bicyclic) bond motifs is 1. The molecule has 1 amide bonds. The van der Waals surface area contributed by atoms with Gasteiger partial charge in [0.15, 0.2) is 5.72 Å². The largest absolute Gasteiger partial charge is 0.464 e. The number of hydrogen-bond donors (Lipinski definition) is 1. The van der Waals surface area contributed by atoms with Gasteiger partial charge in [0.05, 0.1) is 13.2 Å². The number of benzene rings is 4. The summed E-state index contributed by atoms with van der Waals surface area (Å²) in [5, 5.41) is 1.18. The molecule has 4 aromatic carbocycles. The predicted octanol–water partition coefficient (Wildman–Crippen LogP) is 6.50. The van der Waals surface area contributed by atoms with Crippen molar-refractivity contribution < 1.29 is 19.1 Å². The Morgan fingerprint density at radius 2 is 1.45 bits per heavy atom. The quantitative estimate of drug-likeness (QED) is 0.173. The van der Waals surface area contributed by atoms with E-state index in [1.807, 2.05) is 60.7 Å². The zero-order chi connectivity index (χ0) is 28.1. The second-order valence-electron chi connectivity index (χ2n) is 9.47. The third-order valence-corrected chi connectivity index (χ3v) is 7.40. The van der Waals surface area contributed by atoms with Crippen LogP contribution in [-0.4, -0.2) is 30.0 Å². The van der Waals surface area contributed by atoms with Crippen LogP contribution >= 0.6 is 23.2 Å². The Hall–Kier alpha value is -3.68. The van der Waals surface area contributed by atoms with E-state index < -0.39 is 17.7 Å². The first-order valence-electron chi connectivity index (χ1n) is 12.9. The van der Waals surface area contributed by atoms with Crippen LogP contribution in [0.1, 0.15) is 45.1 Å². The van der Waals surface area contributed by atoms with Crippen molar-refractivity contribution in [1.29, 1.82) is 0 Å². The average Bonchev–Trinajstić information content (AvgIpc) is 3.22. The van der Waals surface area contributed by atoms with Gasteiger partial charge in [-0.25, -0.2) is 4.79 Å². The maximum absolute atomic E-state index is 13.8. The molecule has 1 aliphatic rings. The summed E-state index contributed by atoms with van der Waals surface area (Å²) in [6, 6.07) is 30.3. The van der Waals surface area contributed by atoms with Crippen LogP contribution in [0.25, 0.3) is 0 Å². The molecule has 0 radical (unpaired) electrons. The fraction of sp³-hybridized carbons (Fsp3) is 0.188. The molecule has 8 heteroatoms. The summed E-state index contributed by atoms with van der Waals surface area (Å²) < 4.78 is 12.1. The lowest BCUT2D eigenvalue weighted by Crippen LogP contribution is -2.46. The minimum absolute atomic E-state index is 0.114. The lowest BCUT2D eigenvalue weighted by atomic mass is 9.93. The molecule has 0 spiro atoms. The minimum atomic E-state index is -1.22. The predicted molar refractivity (Wildman–Crippen MR) is 155 cm³/mol. The van der Waals surface area contributed by atoms with Crippen LogP contribution in [0.4, 0.5) is 0 Å². The number of ether oxygens (including phenoxy) is 2. The molecule has 2 N–H and O–H groups in total. The number of esters is 1. The van der Waals surface area contributed by atoms with Crippen LogP contribution in [0.5, 0.6) is 0 Å². The number of rotatable bonds is 10. The summed E-state index contributed by atoms with van der Waals surface area (Å²) in [7, 11) is 0. The van der Waals surface area contributed by atoms with Gasteiger partial charge in [0, 0.05) is 39.7 Å². The van der Waals surface area contributed by atoms with Crippen molar-refractivity contribution in [2.75, 3.05) is 13.2 Å². The van der Waals surface area contributed by atoms with E-state index in [1.54, 1.807) is 47.4 Å². The molecular formula is C32H28Cl2N2O4. The molecule has 204 valence electrons. The van der Waals surface area contributed by atoms with Crippen LogP contribution in [0.2, 0.25) is 10.0 Å². The molecule has 0 fully saturated rings. The Kier molecular flexibility index (Phi) is 8.52. The maximum atomic E-state index is 13.8. The molecule has 40 heavy (non-hydrogen) atoms. The number of nitrogens with two attached hydrogens (primary N) is 1. The van der Waals surface area contributed by atoms with Crippen LogP contribution in [0.3, 0.4) is 0 Å². The van der Waals surface area contributed by atoms with E-state index in [9.17, 15) is 9.59 Å². The van der Waals surface area contributed by atoms with Gasteiger partial charge in [-0.1, -0.05) is 96.0 Å². The Bertz CT molecular complexity index is 1480. The first-order chi connectivity index (χ1) is 19.4. The van der Waals surface area contributed by atoms with E-state index in [-0.39, 0.29) is 25.7 Å². The first kappa shape index (κ1) is 27.9. The summed E-state index contributed by atoms with van der Waals surface area (Å²) in [5.74, 6) is -0.662. The van der Waals surface area contributed by atoms with Gasteiger partial charge in [0.1, 0.15) is 6.04 Å². The monoisotopic (exact) mass is 574 g/mol. The average molecular weight is 575 g/mol. The Morgan fingerprint density at radius 3 is 2.15 bits per heavy atom. The molecule has 1 heterocycles. The first-order valence-corrected chi connectivity index (χ1v) is 13.7. The number of nitrogens with zero attached hydrogens (tertiary/aromatic N) is 1. The second kappa shape index (κ2) is 12.2. The zero-order valence-corrected chi connectivity index (χ0v) is 23.1. The normalized spacial score (nSPS) is 17.0. The van der Waals surface area contributed by atoms with Gasteiger partial charge in [-0.2, -0.15) is 0 Å². The van der Waals surface area contributed by atoms with Gasteiger partial charge in [0.2, 0.25) is 0 Å². The lowest BCUT2D eigenvalue weighted by molar-refractivity contribution is -0.147. The number of carbonyl (C=O) groups is 2. The van der Waals surface area contributed by atoms with Gasteiger partial charge in [0.25, 0.3) is 5.91 Å². The van der Waals surface area contributed by atoms with Crippen LogP contribution in [0, 0.1) is 0 Å². The van der Waals surface area contributed by atoms with E-state index >= 15 is 0 Å². The maximum Gasteiger partial charge on any atom is 0.327 e. The number of hydrogen-bond acceptors (Lipinski definition) is 5. The molecule has 5 rings (SSSR count). The van der Waals surface area contributed by atoms with Crippen LogP contribution in [0.15, 0.2) is 103 Å². The molecule has 1 aliphatic heterocycles. The van der Waals surface area contributed by atoms with Crippen molar-refractivity contribution in [3.8, 4) is 0 Å². The molecule has 0 aromatic heterocycles. The highest BCUT2D eigenvalue weighted by atomic mass is 35.5. The smallest absolute Gasteiger partial charge is 0.327 e. The van der Waals surface area contributed by atoms with E-state index in [2.05, 4.69) is 0 Å². The third-order valence-electron chi connectivity index (χ3n) is 6.89. The van der Waals surface area contributed by atoms with Crippen molar-refractivity contribution in [3.63, 3.8) is 0 Å². The number of carbonyl (C=O) groups excluding carboxylic acids is 2. The van der Waals surface area contributed by atoms with E-state index in [0.29, 0.717) is 27.6 Å². The molecule has 6 nitrogen and oxygen atoms in total. The fourth-order valence-electron chi connectivity index (χ4n) is 4.92. The summed E-state index contributed by atoms with van der Waals surface area (Å²) in [4.78, 5) is 28.0. The lowest BCUT2D eigenvalue weighted by Gasteiger charge is -2.39. The van der Waals surface area contributed by atoms with Gasteiger partial charge in [-0.3, -0.25) is 9.69 Å².